The Morgan fingerprint density at radius 3 is 2.41 bits per heavy atom. The maximum absolute atomic E-state index is 12.7. The number of nitrogen functional groups attached to an aromatic ring is 1. The third-order valence-electron chi connectivity index (χ3n) is 6.08. The van der Waals surface area contributed by atoms with Crippen LogP contribution in [0, 0.1) is 0 Å². The van der Waals surface area contributed by atoms with E-state index in [0.29, 0.717) is 30.7 Å². The third-order valence-corrected chi connectivity index (χ3v) is 6.08. The summed E-state index contributed by atoms with van der Waals surface area (Å²) in [4.78, 5) is 35.5. The number of primary amides is 1. The Balaban J connectivity index is 1.56. The highest BCUT2D eigenvalue weighted by Gasteiger charge is 2.35. The van der Waals surface area contributed by atoms with Crippen LogP contribution in [0.1, 0.15) is 75.0 Å². The molecule has 0 unspecified atom stereocenters. The molecule has 37 heavy (non-hydrogen) atoms. The first-order valence-electron chi connectivity index (χ1n) is 12.7. The van der Waals surface area contributed by atoms with Gasteiger partial charge in [-0.1, -0.05) is 37.6 Å². The van der Waals surface area contributed by atoms with Crippen molar-refractivity contribution in [3.63, 3.8) is 0 Å². The summed E-state index contributed by atoms with van der Waals surface area (Å²) in [7, 11) is 0. The topological polar surface area (TPSA) is 139 Å². The number of unbranched alkanes of at least 4 members (excludes halogenated alkanes) is 1. The summed E-state index contributed by atoms with van der Waals surface area (Å²) in [6.45, 7) is 8.98. The highest BCUT2D eigenvalue weighted by molar-refractivity contribution is 5.99. The predicted molar refractivity (Wildman–Crippen MR) is 141 cm³/mol. The van der Waals surface area contributed by atoms with Crippen LogP contribution in [0.15, 0.2) is 30.3 Å². The van der Waals surface area contributed by atoms with Gasteiger partial charge in [-0.2, -0.15) is 9.97 Å². The van der Waals surface area contributed by atoms with E-state index in [2.05, 4.69) is 16.9 Å². The molecule has 1 fully saturated rings. The molecule has 4 N–H and O–H groups in total. The molecular weight excluding hydrogens is 472 g/mol. The molecule has 4 rings (SSSR count). The van der Waals surface area contributed by atoms with Crippen molar-refractivity contribution in [1.29, 1.82) is 0 Å². The molecule has 1 aliphatic rings. The fourth-order valence-corrected chi connectivity index (χ4v) is 4.04. The van der Waals surface area contributed by atoms with E-state index >= 15 is 0 Å². The average Bonchev–Trinajstić information content (AvgIpc) is 3.59. The fraction of sp³-hybridized carbons (Fsp3) is 0.481. The average molecular weight is 509 g/mol. The second kappa shape index (κ2) is 10.7. The highest BCUT2D eigenvalue weighted by atomic mass is 16.6. The number of fused-ring (bicyclic) bond motifs is 1. The molecule has 1 saturated carbocycles. The normalized spacial score (nSPS) is 13.5. The smallest absolute Gasteiger partial charge is 0.410 e. The van der Waals surface area contributed by atoms with Gasteiger partial charge in [0.2, 0.25) is 0 Å². The van der Waals surface area contributed by atoms with E-state index in [0.717, 1.165) is 36.8 Å². The minimum absolute atomic E-state index is 0.173. The molecule has 10 nitrogen and oxygen atoms in total. The number of hydrogen-bond donors (Lipinski definition) is 2. The SMILES string of the molecule is CCCCOc1nc(N)c2cc(C(N)=O)n(Cc3ccc(CN(C(=O)OC(C)(C)C)C4CC4)cc3)c2n1. The van der Waals surface area contributed by atoms with Crippen molar-refractivity contribution in [3.05, 3.63) is 47.2 Å². The summed E-state index contributed by atoms with van der Waals surface area (Å²) in [6.07, 6.45) is 3.53. The Bertz CT molecular complexity index is 1270. The van der Waals surface area contributed by atoms with Gasteiger partial charge in [0.15, 0.2) is 0 Å². The summed E-state index contributed by atoms with van der Waals surface area (Å²) in [5.74, 6) is -0.352. The monoisotopic (exact) mass is 508 g/mol. The van der Waals surface area contributed by atoms with Crippen LogP contribution in [-0.2, 0) is 17.8 Å². The molecule has 0 radical (unpaired) electrons. The number of hydrogen-bond acceptors (Lipinski definition) is 7. The van der Waals surface area contributed by atoms with Gasteiger partial charge in [-0.15, -0.1) is 0 Å². The number of carbonyl (C=O) groups is 2. The lowest BCUT2D eigenvalue weighted by molar-refractivity contribution is 0.0216. The van der Waals surface area contributed by atoms with Crippen LogP contribution in [0.25, 0.3) is 11.0 Å². The van der Waals surface area contributed by atoms with Gasteiger partial charge in [0.05, 0.1) is 12.0 Å². The van der Waals surface area contributed by atoms with Crippen molar-refractivity contribution >= 4 is 28.9 Å². The molecule has 0 spiro atoms. The Morgan fingerprint density at radius 2 is 1.81 bits per heavy atom. The first kappa shape index (κ1) is 26.2. The van der Waals surface area contributed by atoms with Crippen molar-refractivity contribution in [2.24, 2.45) is 5.73 Å². The number of ether oxygens (including phenoxy) is 2. The van der Waals surface area contributed by atoms with E-state index in [4.69, 9.17) is 20.9 Å². The maximum Gasteiger partial charge on any atom is 0.410 e. The van der Waals surface area contributed by atoms with Crippen molar-refractivity contribution < 1.29 is 19.1 Å². The van der Waals surface area contributed by atoms with Gasteiger partial charge in [0.25, 0.3) is 5.91 Å². The highest BCUT2D eigenvalue weighted by Crippen LogP contribution is 2.30. The minimum atomic E-state index is -0.583. The van der Waals surface area contributed by atoms with Gasteiger partial charge < -0.3 is 30.4 Å². The summed E-state index contributed by atoms with van der Waals surface area (Å²) in [6, 6.07) is 9.90. The Morgan fingerprint density at radius 1 is 1.14 bits per heavy atom. The van der Waals surface area contributed by atoms with E-state index < -0.39 is 11.5 Å². The molecule has 2 amide bonds. The first-order valence-corrected chi connectivity index (χ1v) is 12.7. The number of amides is 2. The minimum Gasteiger partial charge on any atom is -0.463 e. The Labute approximate surface area is 216 Å². The molecule has 10 heteroatoms. The molecule has 0 saturated heterocycles. The van der Waals surface area contributed by atoms with Gasteiger partial charge in [-0.3, -0.25) is 4.79 Å². The second-order valence-electron chi connectivity index (χ2n) is 10.5. The Hall–Kier alpha value is -3.82. The van der Waals surface area contributed by atoms with Gasteiger partial charge in [-0.05, 0) is 57.2 Å². The lowest BCUT2D eigenvalue weighted by atomic mass is 10.1. The molecular formula is C27H36N6O4. The number of nitrogens with two attached hydrogens (primary N) is 2. The molecule has 2 heterocycles. The lowest BCUT2D eigenvalue weighted by Crippen LogP contribution is -2.37. The third kappa shape index (κ3) is 6.49. The first-order chi connectivity index (χ1) is 17.6. The van der Waals surface area contributed by atoms with Crippen molar-refractivity contribution in [3.8, 4) is 6.01 Å². The number of carbonyl (C=O) groups excluding carboxylic acids is 2. The summed E-state index contributed by atoms with van der Waals surface area (Å²) in [5.41, 5.74) is 14.0. The van der Waals surface area contributed by atoms with E-state index in [-0.39, 0.29) is 29.7 Å². The number of rotatable bonds is 10. The van der Waals surface area contributed by atoms with Crippen LogP contribution in [0.4, 0.5) is 10.6 Å². The standard InChI is InChI=1S/C27H36N6O4/c1-5-6-13-36-25-30-22(28)20-14-21(23(29)34)33(24(20)31-25)16-18-9-7-17(8-10-18)15-32(19-11-12-19)26(35)37-27(2,3)4/h7-10,14,19H,5-6,11-13,15-16H2,1-4H3,(H2,29,34)(H2,28,30,31). The number of aromatic nitrogens is 3. The quantitative estimate of drug-likeness (QED) is 0.391. The van der Waals surface area contributed by atoms with E-state index in [1.54, 1.807) is 15.5 Å². The van der Waals surface area contributed by atoms with Crippen LogP contribution in [0.2, 0.25) is 0 Å². The fourth-order valence-electron chi connectivity index (χ4n) is 4.04. The van der Waals surface area contributed by atoms with E-state index in [1.165, 1.54) is 0 Å². The molecule has 198 valence electrons. The molecule has 0 atom stereocenters. The molecule has 1 aromatic carbocycles. The van der Waals surface area contributed by atoms with Crippen molar-refractivity contribution in [1.82, 2.24) is 19.4 Å². The summed E-state index contributed by atoms with van der Waals surface area (Å²) < 4.78 is 13.0. The van der Waals surface area contributed by atoms with Crippen LogP contribution in [0.5, 0.6) is 6.01 Å². The van der Waals surface area contributed by atoms with Crippen LogP contribution in [0.3, 0.4) is 0 Å². The van der Waals surface area contributed by atoms with Crippen LogP contribution in [-0.4, -0.2) is 49.7 Å². The molecule has 3 aromatic rings. The number of benzene rings is 1. The van der Waals surface area contributed by atoms with Gasteiger partial charge >= 0.3 is 12.1 Å². The largest absolute Gasteiger partial charge is 0.463 e. The zero-order chi connectivity index (χ0) is 26.7. The molecule has 0 bridgehead atoms. The van der Waals surface area contributed by atoms with Gasteiger partial charge in [0.1, 0.15) is 22.8 Å². The van der Waals surface area contributed by atoms with E-state index in [9.17, 15) is 9.59 Å². The zero-order valence-corrected chi connectivity index (χ0v) is 22.0. The predicted octanol–water partition coefficient (Wildman–Crippen LogP) is 4.24. The second-order valence-corrected chi connectivity index (χ2v) is 10.5. The van der Waals surface area contributed by atoms with Crippen LogP contribution >= 0.6 is 0 Å². The maximum atomic E-state index is 12.7. The van der Waals surface area contributed by atoms with Gasteiger partial charge in [-0.25, -0.2) is 4.79 Å². The van der Waals surface area contributed by atoms with Crippen molar-refractivity contribution in [2.45, 2.75) is 78.1 Å². The zero-order valence-electron chi connectivity index (χ0n) is 22.0. The van der Waals surface area contributed by atoms with Crippen molar-refractivity contribution in [2.75, 3.05) is 12.3 Å². The molecule has 2 aromatic heterocycles. The lowest BCUT2D eigenvalue weighted by Gasteiger charge is -2.27. The summed E-state index contributed by atoms with van der Waals surface area (Å²) in [5, 5.41) is 0.547. The van der Waals surface area contributed by atoms with Gasteiger partial charge in [0, 0.05) is 19.1 Å². The van der Waals surface area contributed by atoms with Crippen LogP contribution < -0.4 is 16.2 Å². The molecule has 0 aliphatic heterocycles. The molecule has 1 aliphatic carbocycles. The number of anilines is 1. The Kier molecular flexibility index (Phi) is 7.56. The van der Waals surface area contributed by atoms with E-state index in [1.807, 2.05) is 45.0 Å². The summed E-state index contributed by atoms with van der Waals surface area (Å²) >= 11 is 0. The number of nitrogens with zero attached hydrogens (tertiary/aromatic N) is 4.